The maximum Gasteiger partial charge on any atom is 0.239 e. The third kappa shape index (κ3) is 1.57. The Hall–Kier alpha value is -1.50. The molecule has 0 radical (unpaired) electrons. The summed E-state index contributed by atoms with van der Waals surface area (Å²) in [6, 6.07) is 0. The van der Waals surface area contributed by atoms with Crippen molar-refractivity contribution >= 4 is 29.1 Å². The molecule has 0 saturated heterocycles. The highest BCUT2D eigenvalue weighted by Gasteiger charge is 2.47. The molecular weight excluding hydrogens is 226 g/mol. The van der Waals surface area contributed by atoms with Crippen LogP contribution in [0.25, 0.3) is 0 Å². The first-order valence-electron chi connectivity index (χ1n) is 5.01. The smallest absolute Gasteiger partial charge is 0.239 e. The first-order valence-corrected chi connectivity index (χ1v) is 5.42. The van der Waals surface area contributed by atoms with Gasteiger partial charge in [0.2, 0.25) is 11.9 Å². The van der Waals surface area contributed by atoms with Crippen LogP contribution in [0.2, 0.25) is 0 Å². The largest absolute Gasteiger partial charge is 0.392 e. The van der Waals surface area contributed by atoms with Crippen LogP contribution in [0.4, 0.5) is 5.95 Å². The lowest BCUT2D eigenvalue weighted by molar-refractivity contribution is -0.125. The maximum absolute atomic E-state index is 12.0. The second-order valence-electron chi connectivity index (χ2n) is 3.96. The fourth-order valence-corrected chi connectivity index (χ4v) is 2.04. The molecule has 0 aromatic carbocycles. The molecule has 2 rings (SSSR count). The number of hydrogen-bond acceptors (Lipinski definition) is 4. The van der Waals surface area contributed by atoms with E-state index in [9.17, 15) is 4.79 Å². The average molecular weight is 239 g/mol. The summed E-state index contributed by atoms with van der Waals surface area (Å²) in [7, 11) is 1.71. The Morgan fingerprint density at radius 1 is 1.69 bits per heavy atom. The Kier molecular flexibility index (Phi) is 2.63. The lowest BCUT2D eigenvalue weighted by atomic mass is 9.68. The van der Waals surface area contributed by atoms with E-state index < -0.39 is 5.41 Å². The zero-order valence-corrected chi connectivity index (χ0v) is 9.75. The van der Waals surface area contributed by atoms with Crippen molar-refractivity contribution in [2.75, 3.05) is 5.32 Å². The lowest BCUT2D eigenvalue weighted by Crippen LogP contribution is -2.50. The Bertz CT molecular complexity index is 437. The summed E-state index contributed by atoms with van der Waals surface area (Å²) >= 11 is 4.96. The number of nitrogens with one attached hydrogen (secondary N) is 1. The van der Waals surface area contributed by atoms with Gasteiger partial charge in [-0.05, 0) is 12.8 Å². The van der Waals surface area contributed by atoms with Crippen molar-refractivity contribution in [1.82, 2.24) is 14.8 Å². The molecule has 1 heterocycles. The highest BCUT2D eigenvalue weighted by molar-refractivity contribution is 7.80. The molecule has 1 aromatic heterocycles. The summed E-state index contributed by atoms with van der Waals surface area (Å²) in [4.78, 5) is 16.2. The number of carbonyl (C=O) groups excluding carboxylic acids is 1. The Balaban J connectivity index is 2.14. The topological polar surface area (TPSA) is 85.8 Å². The first kappa shape index (κ1) is 11.0. The number of rotatable bonds is 3. The van der Waals surface area contributed by atoms with E-state index >= 15 is 0 Å². The lowest BCUT2D eigenvalue weighted by Gasteiger charge is -2.38. The van der Waals surface area contributed by atoms with E-state index in [1.807, 2.05) is 0 Å². The monoisotopic (exact) mass is 239 g/mol. The van der Waals surface area contributed by atoms with Gasteiger partial charge in [-0.3, -0.25) is 10.1 Å². The molecule has 0 unspecified atom stereocenters. The fraction of sp³-hybridized carbons (Fsp3) is 0.556. The number of aromatic nitrogens is 3. The number of aryl methyl sites for hydroxylation is 1. The van der Waals surface area contributed by atoms with E-state index in [0.717, 1.165) is 6.42 Å². The molecule has 0 bridgehead atoms. The van der Waals surface area contributed by atoms with Crippen LogP contribution in [-0.2, 0) is 11.8 Å². The number of thiocarbonyl (C=S) groups is 1. The molecule has 0 spiro atoms. The third-order valence-electron chi connectivity index (χ3n) is 3.05. The van der Waals surface area contributed by atoms with E-state index in [1.54, 1.807) is 7.05 Å². The van der Waals surface area contributed by atoms with Gasteiger partial charge in [0.1, 0.15) is 6.33 Å². The number of nitrogens with two attached hydrogens (primary N) is 1. The molecule has 0 aliphatic heterocycles. The van der Waals surface area contributed by atoms with Crippen molar-refractivity contribution in [2.45, 2.75) is 19.3 Å². The Labute approximate surface area is 98.2 Å². The quantitative estimate of drug-likeness (QED) is 0.736. The minimum atomic E-state index is -0.679. The van der Waals surface area contributed by atoms with Crippen molar-refractivity contribution in [2.24, 2.45) is 18.2 Å². The average Bonchev–Trinajstić information content (AvgIpc) is 2.48. The molecule has 6 nitrogen and oxygen atoms in total. The second-order valence-corrected chi connectivity index (χ2v) is 4.40. The molecule has 16 heavy (non-hydrogen) atoms. The summed E-state index contributed by atoms with van der Waals surface area (Å²) in [6.45, 7) is 0. The molecule has 0 atom stereocenters. The number of anilines is 1. The number of hydrogen-bond donors (Lipinski definition) is 2. The molecule has 86 valence electrons. The normalized spacial score (nSPS) is 17.6. The van der Waals surface area contributed by atoms with E-state index in [1.165, 1.54) is 11.0 Å². The molecule has 1 aliphatic rings. The highest BCUT2D eigenvalue weighted by atomic mass is 32.1. The molecular formula is C9H13N5OS. The predicted octanol–water partition coefficient (Wildman–Crippen LogP) is 0.210. The van der Waals surface area contributed by atoms with Gasteiger partial charge >= 0.3 is 0 Å². The fourth-order valence-electron chi connectivity index (χ4n) is 1.75. The van der Waals surface area contributed by atoms with Gasteiger partial charge in [0, 0.05) is 7.05 Å². The first-order chi connectivity index (χ1) is 7.56. The predicted molar refractivity (Wildman–Crippen MR) is 62.7 cm³/mol. The molecule has 1 fully saturated rings. The SMILES string of the molecule is Cn1ncnc1NC(=O)C1(C(N)=S)CCC1. The van der Waals surface area contributed by atoms with Gasteiger partial charge in [0.05, 0.1) is 10.4 Å². The molecule has 7 heteroatoms. The van der Waals surface area contributed by atoms with Crippen LogP contribution in [0.3, 0.4) is 0 Å². The molecule has 3 N–H and O–H groups in total. The van der Waals surface area contributed by atoms with Gasteiger partial charge in [-0.1, -0.05) is 18.6 Å². The van der Waals surface area contributed by atoms with Crippen LogP contribution in [0, 0.1) is 5.41 Å². The summed E-state index contributed by atoms with van der Waals surface area (Å²) in [6.07, 6.45) is 3.78. The second kappa shape index (κ2) is 3.82. The minimum Gasteiger partial charge on any atom is -0.392 e. The Morgan fingerprint density at radius 2 is 2.38 bits per heavy atom. The van der Waals surface area contributed by atoms with Gasteiger partial charge < -0.3 is 5.73 Å². The number of carbonyl (C=O) groups is 1. The van der Waals surface area contributed by atoms with Crippen LogP contribution in [0.1, 0.15) is 19.3 Å². The zero-order valence-electron chi connectivity index (χ0n) is 8.93. The van der Waals surface area contributed by atoms with Crippen LogP contribution < -0.4 is 11.1 Å². The minimum absolute atomic E-state index is 0.178. The summed E-state index contributed by atoms with van der Waals surface area (Å²) in [5.74, 6) is 0.231. The highest BCUT2D eigenvalue weighted by Crippen LogP contribution is 2.42. The Morgan fingerprint density at radius 3 is 2.75 bits per heavy atom. The van der Waals surface area contributed by atoms with Crippen LogP contribution >= 0.6 is 12.2 Å². The third-order valence-corrected chi connectivity index (χ3v) is 3.44. The summed E-state index contributed by atoms with van der Waals surface area (Å²) in [5, 5.41) is 6.56. The molecule has 1 amide bonds. The van der Waals surface area contributed by atoms with E-state index in [-0.39, 0.29) is 10.9 Å². The van der Waals surface area contributed by atoms with Crippen LogP contribution in [-0.4, -0.2) is 25.7 Å². The molecule has 1 saturated carbocycles. The van der Waals surface area contributed by atoms with Crippen molar-refractivity contribution in [3.05, 3.63) is 6.33 Å². The molecule has 1 aliphatic carbocycles. The standard InChI is InChI=1S/C9H13N5OS/c1-14-8(11-5-12-14)13-7(15)9(6(10)16)3-2-4-9/h5H,2-4H2,1H3,(H2,10,16)(H,11,12,13,15). The summed E-state index contributed by atoms with van der Waals surface area (Å²) in [5.41, 5.74) is 4.95. The zero-order chi connectivity index (χ0) is 11.8. The van der Waals surface area contributed by atoms with Gasteiger partial charge in [-0.25, -0.2) is 4.68 Å². The van der Waals surface area contributed by atoms with E-state index in [2.05, 4.69) is 15.4 Å². The van der Waals surface area contributed by atoms with E-state index in [0.29, 0.717) is 18.8 Å². The van der Waals surface area contributed by atoms with Crippen LogP contribution in [0.15, 0.2) is 6.33 Å². The van der Waals surface area contributed by atoms with Gasteiger partial charge in [-0.15, -0.1) is 0 Å². The van der Waals surface area contributed by atoms with Crippen molar-refractivity contribution in [3.8, 4) is 0 Å². The van der Waals surface area contributed by atoms with Crippen molar-refractivity contribution < 1.29 is 4.79 Å². The van der Waals surface area contributed by atoms with Crippen molar-refractivity contribution in [3.63, 3.8) is 0 Å². The summed E-state index contributed by atoms with van der Waals surface area (Å²) < 4.78 is 1.49. The van der Waals surface area contributed by atoms with Gasteiger partial charge in [-0.2, -0.15) is 10.1 Å². The number of amides is 1. The maximum atomic E-state index is 12.0. The van der Waals surface area contributed by atoms with Crippen LogP contribution in [0.5, 0.6) is 0 Å². The van der Waals surface area contributed by atoms with Gasteiger partial charge in [0.25, 0.3) is 0 Å². The van der Waals surface area contributed by atoms with Gasteiger partial charge in [0.15, 0.2) is 0 Å². The molecule has 1 aromatic rings. The van der Waals surface area contributed by atoms with E-state index in [4.69, 9.17) is 18.0 Å². The number of nitrogens with zero attached hydrogens (tertiary/aromatic N) is 3. The van der Waals surface area contributed by atoms with Crippen molar-refractivity contribution in [1.29, 1.82) is 0 Å².